The summed E-state index contributed by atoms with van der Waals surface area (Å²) in [5.74, 6) is -0.866. The van der Waals surface area contributed by atoms with Crippen LogP contribution in [-0.4, -0.2) is 43.3 Å². The maximum absolute atomic E-state index is 12.7. The van der Waals surface area contributed by atoms with Gasteiger partial charge < -0.3 is 10.6 Å². The smallest absolute Gasteiger partial charge is 0.261 e. The second-order valence-corrected chi connectivity index (χ2v) is 5.09. The van der Waals surface area contributed by atoms with E-state index in [9.17, 15) is 14.4 Å². The van der Waals surface area contributed by atoms with Crippen molar-refractivity contribution in [2.24, 2.45) is 0 Å². The molecule has 124 valence electrons. The Kier molecular flexibility index (Phi) is 6.99. The molecule has 0 fully saturated rings. The average molecular weight is 317 g/mol. The Morgan fingerprint density at radius 2 is 2.04 bits per heavy atom. The SMILES string of the molecule is C=CCCC(C(=O)NC)N(C=O)C(=O)c1ccc(NC)cc1C. The molecular formula is C17H23N3O3. The van der Waals surface area contributed by atoms with Gasteiger partial charge in [0.2, 0.25) is 12.3 Å². The molecule has 0 saturated carbocycles. The molecule has 0 radical (unpaired) electrons. The van der Waals surface area contributed by atoms with Crippen molar-refractivity contribution >= 4 is 23.9 Å². The molecule has 6 heteroatoms. The standard InChI is InChI=1S/C17H23N3O3/c1-5-6-7-15(16(22)19-4)20(11-21)17(23)14-9-8-13(18-3)10-12(14)2/h5,8-11,15,18H,1,6-7H2,2-4H3,(H,19,22). The van der Waals surface area contributed by atoms with E-state index in [0.717, 1.165) is 16.2 Å². The van der Waals surface area contributed by atoms with Crippen LogP contribution in [0.2, 0.25) is 0 Å². The summed E-state index contributed by atoms with van der Waals surface area (Å²) >= 11 is 0. The third kappa shape index (κ3) is 4.42. The van der Waals surface area contributed by atoms with Crippen molar-refractivity contribution in [3.63, 3.8) is 0 Å². The van der Waals surface area contributed by atoms with Gasteiger partial charge in [0.25, 0.3) is 5.91 Å². The number of benzene rings is 1. The van der Waals surface area contributed by atoms with Crippen LogP contribution in [0.4, 0.5) is 5.69 Å². The van der Waals surface area contributed by atoms with Crippen LogP contribution in [0.3, 0.4) is 0 Å². The van der Waals surface area contributed by atoms with Gasteiger partial charge in [-0.3, -0.25) is 19.3 Å². The quantitative estimate of drug-likeness (QED) is 0.565. The normalized spacial score (nSPS) is 11.3. The van der Waals surface area contributed by atoms with Gasteiger partial charge in [0.05, 0.1) is 0 Å². The summed E-state index contributed by atoms with van der Waals surface area (Å²) in [4.78, 5) is 37.1. The molecule has 0 aliphatic rings. The highest BCUT2D eigenvalue weighted by Crippen LogP contribution is 2.18. The molecule has 2 N–H and O–H groups in total. The number of carbonyl (C=O) groups excluding carboxylic acids is 3. The lowest BCUT2D eigenvalue weighted by Gasteiger charge is -2.25. The molecule has 0 spiro atoms. The molecule has 23 heavy (non-hydrogen) atoms. The van der Waals surface area contributed by atoms with Crippen molar-refractivity contribution in [2.45, 2.75) is 25.8 Å². The van der Waals surface area contributed by atoms with Crippen LogP contribution >= 0.6 is 0 Å². The second kappa shape index (κ2) is 8.73. The van der Waals surface area contributed by atoms with Crippen molar-refractivity contribution in [1.82, 2.24) is 10.2 Å². The first-order valence-electron chi connectivity index (χ1n) is 7.39. The van der Waals surface area contributed by atoms with Crippen molar-refractivity contribution in [3.05, 3.63) is 42.0 Å². The molecule has 0 aliphatic heterocycles. The summed E-state index contributed by atoms with van der Waals surface area (Å²) in [6, 6.07) is 4.36. The maximum Gasteiger partial charge on any atom is 0.261 e. The number of nitrogens with zero attached hydrogens (tertiary/aromatic N) is 1. The van der Waals surface area contributed by atoms with Crippen molar-refractivity contribution in [2.75, 3.05) is 19.4 Å². The molecule has 0 aliphatic carbocycles. The Morgan fingerprint density at radius 3 is 2.52 bits per heavy atom. The van der Waals surface area contributed by atoms with Gasteiger partial charge in [-0.05, 0) is 43.5 Å². The molecule has 6 nitrogen and oxygen atoms in total. The number of amides is 3. The molecule has 0 aromatic heterocycles. The van der Waals surface area contributed by atoms with Crippen LogP contribution in [0.25, 0.3) is 0 Å². The average Bonchev–Trinajstić information content (AvgIpc) is 2.57. The first-order valence-corrected chi connectivity index (χ1v) is 7.39. The first kappa shape index (κ1) is 18.4. The number of likely N-dealkylation sites (N-methyl/N-ethyl adjacent to an activating group) is 1. The highest BCUT2D eigenvalue weighted by atomic mass is 16.2. The number of rotatable bonds is 8. The molecule has 3 amide bonds. The number of hydrogen-bond donors (Lipinski definition) is 2. The molecule has 0 saturated heterocycles. The summed E-state index contributed by atoms with van der Waals surface area (Å²) in [6.07, 6.45) is 2.92. The number of hydrogen-bond acceptors (Lipinski definition) is 4. The Morgan fingerprint density at radius 1 is 1.35 bits per heavy atom. The molecule has 1 unspecified atom stereocenters. The van der Waals surface area contributed by atoms with Gasteiger partial charge in [-0.1, -0.05) is 6.08 Å². The Hall–Kier alpha value is -2.63. The Labute approximate surface area is 136 Å². The second-order valence-electron chi connectivity index (χ2n) is 5.09. The minimum Gasteiger partial charge on any atom is -0.388 e. The van der Waals surface area contributed by atoms with Gasteiger partial charge in [0.15, 0.2) is 0 Å². The largest absolute Gasteiger partial charge is 0.388 e. The minimum absolute atomic E-state index is 0.335. The van der Waals surface area contributed by atoms with E-state index in [0.29, 0.717) is 24.8 Å². The summed E-state index contributed by atoms with van der Waals surface area (Å²) in [5, 5.41) is 5.48. The number of anilines is 1. The Balaban J connectivity index is 3.15. The van der Waals surface area contributed by atoms with Gasteiger partial charge in [-0.2, -0.15) is 0 Å². The summed E-state index contributed by atoms with van der Waals surface area (Å²) in [5.41, 5.74) is 1.99. The van der Waals surface area contributed by atoms with Gasteiger partial charge in [-0.15, -0.1) is 6.58 Å². The van der Waals surface area contributed by atoms with E-state index in [1.165, 1.54) is 7.05 Å². The van der Waals surface area contributed by atoms with E-state index in [4.69, 9.17) is 0 Å². The van der Waals surface area contributed by atoms with Gasteiger partial charge in [0, 0.05) is 25.3 Å². The number of carbonyl (C=O) groups is 3. The highest BCUT2D eigenvalue weighted by Gasteiger charge is 2.29. The van der Waals surface area contributed by atoms with Crippen LogP contribution in [0.15, 0.2) is 30.9 Å². The number of allylic oxidation sites excluding steroid dienone is 1. The fraction of sp³-hybridized carbons (Fsp3) is 0.353. The third-order valence-corrected chi connectivity index (χ3v) is 3.62. The Bertz CT molecular complexity index is 599. The predicted octanol–water partition coefficient (Wildman–Crippen LogP) is 1.72. The van der Waals surface area contributed by atoms with Crippen molar-refractivity contribution < 1.29 is 14.4 Å². The van der Waals surface area contributed by atoms with Gasteiger partial charge in [-0.25, -0.2) is 0 Å². The van der Waals surface area contributed by atoms with Gasteiger partial charge in [0.1, 0.15) is 6.04 Å². The van der Waals surface area contributed by atoms with Crippen molar-refractivity contribution in [3.8, 4) is 0 Å². The van der Waals surface area contributed by atoms with E-state index in [2.05, 4.69) is 17.2 Å². The molecule has 1 aromatic carbocycles. The van der Waals surface area contributed by atoms with Crippen LogP contribution in [0, 0.1) is 6.92 Å². The van der Waals surface area contributed by atoms with Crippen LogP contribution in [-0.2, 0) is 9.59 Å². The molecule has 0 heterocycles. The monoisotopic (exact) mass is 317 g/mol. The fourth-order valence-corrected chi connectivity index (χ4v) is 2.30. The maximum atomic E-state index is 12.7. The number of imide groups is 1. The predicted molar refractivity (Wildman–Crippen MR) is 90.2 cm³/mol. The molecule has 0 bridgehead atoms. The molecular weight excluding hydrogens is 294 g/mol. The molecule has 1 atom stereocenters. The van der Waals surface area contributed by atoms with E-state index < -0.39 is 11.9 Å². The van der Waals surface area contributed by atoms with E-state index >= 15 is 0 Å². The van der Waals surface area contributed by atoms with Crippen LogP contribution in [0.5, 0.6) is 0 Å². The summed E-state index contributed by atoms with van der Waals surface area (Å²) in [7, 11) is 3.26. The van der Waals surface area contributed by atoms with Gasteiger partial charge >= 0.3 is 0 Å². The number of nitrogens with one attached hydrogen (secondary N) is 2. The van der Waals surface area contributed by atoms with E-state index in [1.807, 2.05) is 6.07 Å². The zero-order chi connectivity index (χ0) is 17.4. The summed E-state index contributed by atoms with van der Waals surface area (Å²) < 4.78 is 0. The zero-order valence-corrected chi connectivity index (χ0v) is 13.8. The minimum atomic E-state index is -0.855. The zero-order valence-electron chi connectivity index (χ0n) is 13.8. The van der Waals surface area contributed by atoms with Crippen molar-refractivity contribution in [1.29, 1.82) is 0 Å². The molecule has 1 rings (SSSR count). The fourth-order valence-electron chi connectivity index (χ4n) is 2.30. The molecule has 1 aromatic rings. The third-order valence-electron chi connectivity index (χ3n) is 3.62. The van der Waals surface area contributed by atoms with E-state index in [-0.39, 0.29) is 5.91 Å². The lowest BCUT2D eigenvalue weighted by molar-refractivity contribution is -0.130. The topological polar surface area (TPSA) is 78.5 Å². The van der Waals surface area contributed by atoms with E-state index in [1.54, 1.807) is 32.2 Å². The highest BCUT2D eigenvalue weighted by molar-refractivity contribution is 6.04. The summed E-state index contributed by atoms with van der Waals surface area (Å²) in [6.45, 7) is 5.40. The lowest BCUT2D eigenvalue weighted by Crippen LogP contribution is -2.48. The number of aryl methyl sites for hydroxylation is 1. The van der Waals surface area contributed by atoms with Crippen LogP contribution in [0.1, 0.15) is 28.8 Å². The van der Waals surface area contributed by atoms with Crippen LogP contribution < -0.4 is 10.6 Å². The first-order chi connectivity index (χ1) is 11.0. The lowest BCUT2D eigenvalue weighted by atomic mass is 10.0.